The zero-order valence-corrected chi connectivity index (χ0v) is 16.8. The summed E-state index contributed by atoms with van der Waals surface area (Å²) in [6.45, 7) is 0. The van der Waals surface area contributed by atoms with Crippen molar-refractivity contribution in [2.24, 2.45) is 0 Å². The topological polar surface area (TPSA) is 70.2 Å². The lowest BCUT2D eigenvalue weighted by molar-refractivity contribution is 0.0926. The van der Waals surface area contributed by atoms with Crippen molar-refractivity contribution in [1.82, 2.24) is 4.98 Å². The second-order valence-corrected chi connectivity index (χ2v) is 7.74. The van der Waals surface area contributed by atoms with Crippen LogP contribution in [0.5, 0.6) is 0 Å². The van der Waals surface area contributed by atoms with E-state index in [0.29, 0.717) is 38.6 Å². The highest BCUT2D eigenvalue weighted by atomic mass is 16.2. The maximum atomic E-state index is 13.4. The van der Waals surface area contributed by atoms with Crippen LogP contribution in [0.1, 0.15) is 20.7 Å². The minimum Gasteiger partial charge on any atom is -0.352 e. The molecule has 5 nitrogen and oxygen atoms in total. The number of amides is 2. The molecule has 32 heavy (non-hydrogen) atoms. The quantitative estimate of drug-likeness (QED) is 0.320. The molecule has 1 N–H and O–H groups in total. The molecule has 6 rings (SSSR count). The number of imide groups is 1. The zero-order valence-electron chi connectivity index (χ0n) is 16.8. The molecule has 4 aromatic carbocycles. The number of carbonyl (C=O) groups is 2. The number of fused-ring (bicyclic) bond motifs is 3. The van der Waals surface area contributed by atoms with Gasteiger partial charge in [-0.2, -0.15) is 0 Å². The highest BCUT2D eigenvalue weighted by molar-refractivity contribution is 6.35. The Morgan fingerprint density at radius 1 is 0.531 bits per heavy atom. The molecule has 5 heteroatoms. The molecule has 5 aromatic rings. The first-order valence-electron chi connectivity index (χ1n) is 10.3. The third-order valence-corrected chi connectivity index (χ3v) is 5.97. The van der Waals surface area contributed by atoms with Crippen LogP contribution in [0.25, 0.3) is 32.9 Å². The van der Waals surface area contributed by atoms with Gasteiger partial charge in [-0.25, -0.2) is 4.90 Å². The van der Waals surface area contributed by atoms with Gasteiger partial charge in [0.2, 0.25) is 0 Å². The molecule has 2 amide bonds. The van der Waals surface area contributed by atoms with Gasteiger partial charge >= 0.3 is 0 Å². The Balaban J connectivity index is 1.66. The molecule has 0 radical (unpaired) electrons. The van der Waals surface area contributed by atoms with E-state index in [0.717, 1.165) is 16.0 Å². The van der Waals surface area contributed by atoms with Crippen molar-refractivity contribution in [3.63, 3.8) is 0 Å². The monoisotopic (exact) mass is 416 g/mol. The van der Waals surface area contributed by atoms with Crippen molar-refractivity contribution in [2.75, 3.05) is 4.90 Å². The molecule has 152 valence electrons. The summed E-state index contributed by atoms with van der Waals surface area (Å²) in [7, 11) is 0. The summed E-state index contributed by atoms with van der Waals surface area (Å²) in [5, 5.41) is 0.982. The van der Waals surface area contributed by atoms with Gasteiger partial charge in [0.15, 0.2) is 5.43 Å². The van der Waals surface area contributed by atoms with Crippen LogP contribution in [0.15, 0.2) is 95.8 Å². The number of nitrogens with zero attached hydrogens (tertiary/aromatic N) is 1. The first-order chi connectivity index (χ1) is 15.6. The molecule has 0 atom stereocenters. The van der Waals surface area contributed by atoms with Gasteiger partial charge in [0, 0.05) is 16.3 Å². The van der Waals surface area contributed by atoms with Gasteiger partial charge in [-0.15, -0.1) is 0 Å². The molecule has 1 aliphatic rings. The summed E-state index contributed by atoms with van der Waals surface area (Å²) < 4.78 is 0. The molecule has 0 aliphatic carbocycles. The van der Waals surface area contributed by atoms with Crippen molar-refractivity contribution in [3.05, 3.63) is 112 Å². The van der Waals surface area contributed by atoms with E-state index >= 15 is 0 Å². The van der Waals surface area contributed by atoms with Gasteiger partial charge in [-0.3, -0.25) is 14.4 Å². The molecular formula is C27H16N2O3. The average Bonchev–Trinajstić information content (AvgIpc) is 3.09. The lowest BCUT2D eigenvalue weighted by Gasteiger charge is -2.17. The van der Waals surface area contributed by atoms with E-state index in [1.807, 2.05) is 42.5 Å². The second-order valence-electron chi connectivity index (χ2n) is 7.74. The minimum absolute atomic E-state index is 0.148. The Kier molecular flexibility index (Phi) is 3.86. The van der Waals surface area contributed by atoms with Gasteiger partial charge in [-0.1, -0.05) is 60.7 Å². The largest absolute Gasteiger partial charge is 0.352 e. The van der Waals surface area contributed by atoms with E-state index < -0.39 is 11.8 Å². The lowest BCUT2D eigenvalue weighted by atomic mass is 10.0. The van der Waals surface area contributed by atoms with Gasteiger partial charge in [0.25, 0.3) is 11.8 Å². The first-order valence-corrected chi connectivity index (χ1v) is 10.3. The second kappa shape index (κ2) is 6.75. The van der Waals surface area contributed by atoms with Crippen LogP contribution in [-0.4, -0.2) is 16.8 Å². The number of aromatic amines is 1. The number of carbonyl (C=O) groups excluding carboxylic acids is 2. The molecule has 0 spiro atoms. The third kappa shape index (κ3) is 2.48. The Hall–Kier alpha value is -4.51. The summed E-state index contributed by atoms with van der Waals surface area (Å²) in [5.74, 6) is -0.786. The molecule has 0 bridgehead atoms. The maximum Gasteiger partial charge on any atom is 0.266 e. The lowest BCUT2D eigenvalue weighted by Crippen LogP contribution is -2.30. The van der Waals surface area contributed by atoms with Gasteiger partial charge in [-0.05, 0) is 35.9 Å². The Labute approximate surface area is 182 Å². The molecular weight excluding hydrogens is 400 g/mol. The standard InChI is InChI=1S/C27H16N2O3/c30-25-20-13-6-12-17(16-8-2-1-3-9-16)23(20)28-24-21(25)14-7-15-22(24)29-26(31)18-10-4-5-11-19(18)27(29)32/h1-15H,(H,28,30). The van der Waals surface area contributed by atoms with E-state index in [4.69, 9.17) is 0 Å². The number of benzene rings is 4. The Morgan fingerprint density at radius 3 is 1.78 bits per heavy atom. The predicted molar refractivity (Wildman–Crippen MR) is 125 cm³/mol. The zero-order chi connectivity index (χ0) is 21.8. The fourth-order valence-electron chi connectivity index (χ4n) is 4.46. The summed E-state index contributed by atoms with van der Waals surface area (Å²) in [6.07, 6.45) is 0. The number of para-hydroxylation sites is 2. The van der Waals surface area contributed by atoms with E-state index in [-0.39, 0.29) is 5.43 Å². The third-order valence-electron chi connectivity index (χ3n) is 5.97. The number of hydrogen-bond donors (Lipinski definition) is 1. The average molecular weight is 416 g/mol. The molecule has 0 saturated carbocycles. The normalized spacial score (nSPS) is 13.2. The van der Waals surface area contributed by atoms with Crippen molar-refractivity contribution in [1.29, 1.82) is 0 Å². The molecule has 1 aromatic heterocycles. The van der Waals surface area contributed by atoms with Gasteiger partial charge in [0.1, 0.15) is 0 Å². The summed E-state index contributed by atoms with van der Waals surface area (Å²) >= 11 is 0. The van der Waals surface area contributed by atoms with Gasteiger partial charge in [0.05, 0.1) is 27.8 Å². The Morgan fingerprint density at radius 2 is 1.09 bits per heavy atom. The molecule has 2 heterocycles. The Bertz CT molecular complexity index is 1600. The number of hydrogen-bond acceptors (Lipinski definition) is 3. The van der Waals surface area contributed by atoms with Crippen molar-refractivity contribution in [2.45, 2.75) is 0 Å². The SMILES string of the molecule is O=C1c2ccccc2C(=O)N1c1cccc2c(=O)c3cccc(-c4ccccc4)c3[nH]c12. The van der Waals surface area contributed by atoms with Gasteiger partial charge < -0.3 is 4.98 Å². The molecule has 0 fully saturated rings. The van der Waals surface area contributed by atoms with E-state index in [1.54, 1.807) is 48.5 Å². The van der Waals surface area contributed by atoms with Crippen molar-refractivity contribution in [3.8, 4) is 11.1 Å². The van der Waals surface area contributed by atoms with Crippen molar-refractivity contribution >= 4 is 39.3 Å². The van der Waals surface area contributed by atoms with Crippen LogP contribution in [0, 0.1) is 0 Å². The summed E-state index contributed by atoms with van der Waals surface area (Å²) in [6, 6.07) is 27.2. The van der Waals surface area contributed by atoms with Crippen LogP contribution in [0.4, 0.5) is 5.69 Å². The van der Waals surface area contributed by atoms with Crippen LogP contribution in [0.2, 0.25) is 0 Å². The van der Waals surface area contributed by atoms with E-state index in [1.165, 1.54) is 0 Å². The van der Waals surface area contributed by atoms with Crippen LogP contribution >= 0.6 is 0 Å². The summed E-state index contributed by atoms with van der Waals surface area (Å²) in [4.78, 5) is 44.2. The number of aromatic nitrogens is 1. The highest BCUT2D eigenvalue weighted by Gasteiger charge is 2.37. The predicted octanol–water partition coefficient (Wildman–Crippen LogP) is 5.15. The summed E-state index contributed by atoms with van der Waals surface area (Å²) in [5.41, 5.74) is 3.92. The number of rotatable bonds is 2. The van der Waals surface area contributed by atoms with Crippen LogP contribution in [-0.2, 0) is 0 Å². The number of nitrogens with one attached hydrogen (secondary N) is 1. The maximum absolute atomic E-state index is 13.4. The van der Waals surface area contributed by atoms with Crippen LogP contribution in [0.3, 0.4) is 0 Å². The van der Waals surface area contributed by atoms with Crippen LogP contribution < -0.4 is 10.3 Å². The highest BCUT2D eigenvalue weighted by Crippen LogP contribution is 2.34. The smallest absolute Gasteiger partial charge is 0.266 e. The molecule has 1 aliphatic heterocycles. The molecule has 0 saturated heterocycles. The minimum atomic E-state index is -0.393. The number of pyridine rings is 1. The fraction of sp³-hybridized carbons (Fsp3) is 0. The molecule has 0 unspecified atom stereocenters. The van der Waals surface area contributed by atoms with E-state index in [9.17, 15) is 14.4 Å². The number of H-pyrrole nitrogens is 1. The van der Waals surface area contributed by atoms with Crippen molar-refractivity contribution < 1.29 is 9.59 Å². The first kappa shape index (κ1) is 18.3. The fourth-order valence-corrected chi connectivity index (χ4v) is 4.46. The van der Waals surface area contributed by atoms with E-state index in [2.05, 4.69) is 4.98 Å². The number of anilines is 1.